The van der Waals surface area contributed by atoms with Crippen LogP contribution in [0.3, 0.4) is 0 Å². The Morgan fingerprint density at radius 1 is 1.14 bits per heavy atom. The number of amides is 1. The van der Waals surface area contributed by atoms with E-state index in [9.17, 15) is 9.59 Å². The van der Waals surface area contributed by atoms with E-state index in [4.69, 9.17) is 9.47 Å². The van der Waals surface area contributed by atoms with Crippen LogP contribution in [0.15, 0.2) is 24.3 Å². The standard InChI is InChI=1S/C22H34BNO4/c1-21(2,3)27-19(25)18(13-15-8-7-9-17(23)12-15)16-10-11-24(14-16)20(26)28-22(4,5)6/h7-9,12,16,18H,10-11,13-14,23H2,1-6H3/t16-,18-/m0/s1. The quantitative estimate of drug-likeness (QED) is 0.589. The molecule has 0 unspecified atom stereocenters. The fourth-order valence-corrected chi connectivity index (χ4v) is 3.52. The number of esters is 1. The van der Waals surface area contributed by atoms with E-state index < -0.39 is 11.2 Å². The molecule has 28 heavy (non-hydrogen) atoms. The molecule has 0 aliphatic carbocycles. The Morgan fingerprint density at radius 2 is 1.79 bits per heavy atom. The summed E-state index contributed by atoms with van der Waals surface area (Å²) < 4.78 is 11.2. The molecule has 0 radical (unpaired) electrons. The number of rotatable bonds is 4. The van der Waals surface area contributed by atoms with E-state index in [-0.39, 0.29) is 23.9 Å². The average Bonchev–Trinajstić information content (AvgIpc) is 2.99. The Labute approximate surface area is 170 Å². The van der Waals surface area contributed by atoms with Gasteiger partial charge < -0.3 is 14.4 Å². The van der Waals surface area contributed by atoms with Crippen LogP contribution in [0.25, 0.3) is 0 Å². The van der Waals surface area contributed by atoms with Gasteiger partial charge in [-0.15, -0.1) is 0 Å². The van der Waals surface area contributed by atoms with Gasteiger partial charge in [-0.05, 0) is 65.9 Å². The molecule has 2 atom stereocenters. The molecular formula is C22H34BNO4. The van der Waals surface area contributed by atoms with Crippen molar-refractivity contribution in [3.05, 3.63) is 29.8 Å². The Kier molecular flexibility index (Phi) is 6.84. The molecule has 1 aliphatic rings. The predicted octanol–water partition coefficient (Wildman–Crippen LogP) is 2.70. The van der Waals surface area contributed by atoms with Gasteiger partial charge in [-0.3, -0.25) is 4.79 Å². The van der Waals surface area contributed by atoms with Gasteiger partial charge in [0.1, 0.15) is 19.0 Å². The Hall–Kier alpha value is -1.98. The summed E-state index contributed by atoms with van der Waals surface area (Å²) in [6.07, 6.45) is 1.08. The van der Waals surface area contributed by atoms with Crippen molar-refractivity contribution < 1.29 is 19.1 Å². The molecule has 1 fully saturated rings. The van der Waals surface area contributed by atoms with Gasteiger partial charge in [0.25, 0.3) is 0 Å². The van der Waals surface area contributed by atoms with Gasteiger partial charge >= 0.3 is 12.1 Å². The maximum absolute atomic E-state index is 13.0. The molecule has 1 amide bonds. The molecule has 5 nitrogen and oxygen atoms in total. The van der Waals surface area contributed by atoms with Crippen LogP contribution in [0, 0.1) is 11.8 Å². The topological polar surface area (TPSA) is 55.8 Å². The first-order valence-electron chi connectivity index (χ1n) is 10.1. The maximum Gasteiger partial charge on any atom is 0.410 e. The van der Waals surface area contributed by atoms with Gasteiger partial charge in [-0.1, -0.05) is 29.7 Å². The molecule has 0 bridgehead atoms. The van der Waals surface area contributed by atoms with Crippen molar-refractivity contribution in [3.63, 3.8) is 0 Å². The van der Waals surface area contributed by atoms with Crippen LogP contribution in [-0.2, 0) is 20.7 Å². The number of ether oxygens (including phenoxy) is 2. The minimum absolute atomic E-state index is 0.0582. The van der Waals surface area contributed by atoms with Crippen molar-refractivity contribution in [2.75, 3.05) is 13.1 Å². The highest BCUT2D eigenvalue weighted by Gasteiger charge is 2.39. The summed E-state index contributed by atoms with van der Waals surface area (Å²) in [5, 5.41) is 0. The third-order valence-corrected chi connectivity index (χ3v) is 4.69. The van der Waals surface area contributed by atoms with E-state index in [1.165, 1.54) is 5.46 Å². The molecule has 0 aromatic heterocycles. The Morgan fingerprint density at radius 3 is 2.36 bits per heavy atom. The molecule has 0 saturated carbocycles. The van der Waals surface area contributed by atoms with Gasteiger partial charge in [0.05, 0.1) is 5.92 Å². The lowest BCUT2D eigenvalue weighted by Crippen LogP contribution is -2.38. The van der Waals surface area contributed by atoms with Crippen LogP contribution in [0.4, 0.5) is 4.79 Å². The molecule has 1 saturated heterocycles. The molecular weight excluding hydrogens is 353 g/mol. The van der Waals surface area contributed by atoms with Crippen LogP contribution in [0.1, 0.15) is 53.5 Å². The van der Waals surface area contributed by atoms with E-state index in [1.54, 1.807) is 4.90 Å². The zero-order valence-corrected chi connectivity index (χ0v) is 18.4. The summed E-state index contributed by atoms with van der Waals surface area (Å²) in [7, 11) is 2.05. The second-order valence-electron chi connectivity index (χ2n) is 9.81. The summed E-state index contributed by atoms with van der Waals surface area (Å²) >= 11 is 0. The van der Waals surface area contributed by atoms with E-state index >= 15 is 0 Å². The fourth-order valence-electron chi connectivity index (χ4n) is 3.52. The summed E-state index contributed by atoms with van der Waals surface area (Å²) in [6.45, 7) is 12.4. The summed E-state index contributed by atoms with van der Waals surface area (Å²) in [6, 6.07) is 8.22. The van der Waals surface area contributed by atoms with Gasteiger partial charge in [0, 0.05) is 13.1 Å². The van der Waals surface area contributed by atoms with Gasteiger partial charge in [-0.2, -0.15) is 0 Å². The van der Waals surface area contributed by atoms with Crippen molar-refractivity contribution in [2.24, 2.45) is 11.8 Å². The summed E-state index contributed by atoms with van der Waals surface area (Å²) in [4.78, 5) is 27.1. The highest BCUT2D eigenvalue weighted by molar-refractivity contribution is 6.32. The SMILES string of the molecule is Bc1cccc(C[C@H](C(=O)OC(C)(C)C)[C@H]2CCN(C(=O)OC(C)(C)C)C2)c1. The van der Waals surface area contributed by atoms with Crippen molar-refractivity contribution in [1.29, 1.82) is 0 Å². The minimum Gasteiger partial charge on any atom is -0.460 e. The number of hydrogen-bond donors (Lipinski definition) is 0. The molecule has 0 spiro atoms. The van der Waals surface area contributed by atoms with E-state index in [0.717, 1.165) is 12.0 Å². The Bertz CT molecular complexity index is 705. The van der Waals surface area contributed by atoms with Crippen LogP contribution >= 0.6 is 0 Å². The average molecular weight is 387 g/mol. The first-order chi connectivity index (χ1) is 12.8. The number of hydrogen-bond acceptors (Lipinski definition) is 4. The lowest BCUT2D eigenvalue weighted by atomic mass is 9.84. The predicted molar refractivity (Wildman–Crippen MR) is 114 cm³/mol. The number of benzene rings is 1. The third-order valence-electron chi connectivity index (χ3n) is 4.69. The number of carbonyl (C=O) groups is 2. The molecule has 1 aliphatic heterocycles. The highest BCUT2D eigenvalue weighted by Crippen LogP contribution is 2.30. The second kappa shape index (κ2) is 8.58. The van der Waals surface area contributed by atoms with Crippen molar-refractivity contribution >= 4 is 25.4 Å². The van der Waals surface area contributed by atoms with Crippen LogP contribution < -0.4 is 5.46 Å². The molecule has 1 aromatic carbocycles. The maximum atomic E-state index is 13.0. The van der Waals surface area contributed by atoms with Crippen LogP contribution in [0.2, 0.25) is 0 Å². The Balaban J connectivity index is 2.15. The molecule has 154 valence electrons. The molecule has 1 heterocycles. The summed E-state index contributed by atoms with van der Waals surface area (Å²) in [5.41, 5.74) is 1.22. The zero-order chi connectivity index (χ0) is 21.1. The third kappa shape index (κ3) is 6.88. The molecule has 1 aromatic rings. The van der Waals surface area contributed by atoms with Crippen LogP contribution in [-0.4, -0.2) is 49.1 Å². The number of likely N-dealkylation sites (tertiary alicyclic amines) is 1. The largest absolute Gasteiger partial charge is 0.460 e. The molecule has 2 rings (SSSR count). The number of carbonyl (C=O) groups excluding carboxylic acids is 2. The van der Waals surface area contributed by atoms with Crippen LogP contribution in [0.5, 0.6) is 0 Å². The highest BCUT2D eigenvalue weighted by atomic mass is 16.6. The van der Waals surface area contributed by atoms with Gasteiger partial charge in [0.15, 0.2) is 0 Å². The number of nitrogens with zero attached hydrogens (tertiary/aromatic N) is 1. The normalized spacial score (nSPS) is 18.6. The van der Waals surface area contributed by atoms with Gasteiger partial charge in [-0.25, -0.2) is 4.79 Å². The van der Waals surface area contributed by atoms with E-state index in [2.05, 4.69) is 6.07 Å². The smallest absolute Gasteiger partial charge is 0.410 e. The zero-order valence-electron chi connectivity index (χ0n) is 18.4. The lowest BCUT2D eigenvalue weighted by molar-refractivity contribution is -0.161. The van der Waals surface area contributed by atoms with Crippen molar-refractivity contribution in [2.45, 2.75) is 65.6 Å². The molecule has 6 heteroatoms. The molecule has 0 N–H and O–H groups in total. The minimum atomic E-state index is -0.536. The van der Waals surface area contributed by atoms with E-state index in [0.29, 0.717) is 19.5 Å². The van der Waals surface area contributed by atoms with Gasteiger partial charge in [0.2, 0.25) is 0 Å². The monoisotopic (exact) mass is 387 g/mol. The van der Waals surface area contributed by atoms with Crippen molar-refractivity contribution in [1.82, 2.24) is 4.90 Å². The fraction of sp³-hybridized carbons (Fsp3) is 0.636. The summed E-state index contributed by atoms with van der Waals surface area (Å²) in [5.74, 6) is -0.415. The lowest BCUT2D eigenvalue weighted by Gasteiger charge is -2.28. The van der Waals surface area contributed by atoms with Crippen molar-refractivity contribution in [3.8, 4) is 0 Å². The van der Waals surface area contributed by atoms with E-state index in [1.807, 2.05) is 67.6 Å². The first kappa shape index (κ1) is 22.3. The second-order valence-corrected chi connectivity index (χ2v) is 9.81. The first-order valence-corrected chi connectivity index (χ1v) is 10.1.